The number of carbonyl (C=O) groups excluding carboxylic acids is 1. The minimum atomic E-state index is -0.125. The number of nitrogens with zero attached hydrogens (tertiary/aromatic N) is 4. The quantitative estimate of drug-likeness (QED) is 0.465. The standard InChI is InChI=1S/C34H40N4O2/c1-24-8-4-6-10-32(24)38-17-16-37(22-30(38)23-39)34(40)31-20-29(25(2)18-26(31)3)19-27-12-14-36(15-13-27)33-11-7-5-9-28(33)21-35/h4-11,18,20,27,30,39H,12-17,19,22-23H2,1-3H3/t30-/m0/s1. The third-order valence-electron chi connectivity index (χ3n) is 8.81. The van der Waals surface area contributed by atoms with E-state index in [9.17, 15) is 15.2 Å². The molecule has 3 aromatic rings. The minimum absolute atomic E-state index is 0.00772. The van der Waals surface area contributed by atoms with Crippen LogP contribution in [-0.2, 0) is 6.42 Å². The monoisotopic (exact) mass is 536 g/mol. The molecule has 0 radical (unpaired) electrons. The molecular weight excluding hydrogens is 496 g/mol. The van der Waals surface area contributed by atoms with E-state index in [4.69, 9.17) is 0 Å². The molecule has 1 amide bonds. The van der Waals surface area contributed by atoms with Crippen LogP contribution < -0.4 is 9.80 Å². The predicted molar refractivity (Wildman–Crippen MR) is 161 cm³/mol. The first-order chi connectivity index (χ1) is 19.4. The van der Waals surface area contributed by atoms with Crippen molar-refractivity contribution in [2.24, 2.45) is 5.92 Å². The summed E-state index contributed by atoms with van der Waals surface area (Å²) in [7, 11) is 0. The topological polar surface area (TPSA) is 70.8 Å². The number of aryl methyl sites for hydroxylation is 3. The van der Waals surface area contributed by atoms with Gasteiger partial charge in [0.1, 0.15) is 6.07 Å². The summed E-state index contributed by atoms with van der Waals surface area (Å²) in [4.78, 5) is 20.3. The molecule has 0 saturated carbocycles. The van der Waals surface area contributed by atoms with Gasteiger partial charge in [-0.3, -0.25) is 4.79 Å². The van der Waals surface area contributed by atoms with Gasteiger partial charge < -0.3 is 19.8 Å². The van der Waals surface area contributed by atoms with Gasteiger partial charge >= 0.3 is 0 Å². The molecule has 40 heavy (non-hydrogen) atoms. The van der Waals surface area contributed by atoms with Crippen LogP contribution in [0.2, 0.25) is 0 Å². The third kappa shape index (κ3) is 5.71. The zero-order valence-electron chi connectivity index (χ0n) is 23.9. The van der Waals surface area contributed by atoms with Crippen LogP contribution in [0.15, 0.2) is 60.7 Å². The summed E-state index contributed by atoms with van der Waals surface area (Å²) < 4.78 is 0. The molecule has 0 unspecified atom stereocenters. The van der Waals surface area contributed by atoms with E-state index in [0.717, 1.165) is 60.4 Å². The minimum Gasteiger partial charge on any atom is -0.394 e. The highest BCUT2D eigenvalue weighted by molar-refractivity contribution is 5.96. The number of hydrogen-bond donors (Lipinski definition) is 1. The molecule has 208 valence electrons. The van der Waals surface area contributed by atoms with Gasteiger partial charge in [-0.2, -0.15) is 5.26 Å². The van der Waals surface area contributed by atoms with Crippen molar-refractivity contribution in [2.45, 2.75) is 46.1 Å². The van der Waals surface area contributed by atoms with Crippen molar-refractivity contribution in [1.82, 2.24) is 4.90 Å². The van der Waals surface area contributed by atoms with Crippen LogP contribution in [0.4, 0.5) is 11.4 Å². The predicted octanol–water partition coefficient (Wildman–Crippen LogP) is 5.27. The summed E-state index contributed by atoms with van der Waals surface area (Å²) in [5, 5.41) is 19.7. The highest BCUT2D eigenvalue weighted by Crippen LogP contribution is 2.30. The van der Waals surface area contributed by atoms with Crippen LogP contribution in [0, 0.1) is 38.0 Å². The Labute approximate surface area is 238 Å². The van der Waals surface area contributed by atoms with Gasteiger partial charge in [0.2, 0.25) is 0 Å². The molecule has 2 heterocycles. The number of piperazine rings is 1. The molecule has 2 fully saturated rings. The number of hydrogen-bond acceptors (Lipinski definition) is 5. The molecule has 6 heteroatoms. The Balaban J connectivity index is 1.26. The van der Waals surface area contributed by atoms with Crippen molar-refractivity contribution in [3.8, 4) is 6.07 Å². The Hall–Kier alpha value is -3.82. The second-order valence-corrected chi connectivity index (χ2v) is 11.4. The molecule has 0 aliphatic carbocycles. The van der Waals surface area contributed by atoms with Crippen molar-refractivity contribution < 1.29 is 9.90 Å². The van der Waals surface area contributed by atoms with Gasteiger partial charge in [0.05, 0.1) is 23.9 Å². The van der Waals surface area contributed by atoms with E-state index < -0.39 is 0 Å². The first-order valence-corrected chi connectivity index (χ1v) is 14.5. The second-order valence-electron chi connectivity index (χ2n) is 11.4. The molecule has 1 atom stereocenters. The largest absolute Gasteiger partial charge is 0.394 e. The van der Waals surface area contributed by atoms with Crippen LogP contribution in [0.1, 0.15) is 51.0 Å². The molecule has 0 bridgehead atoms. The summed E-state index contributed by atoms with van der Waals surface area (Å²) in [5.74, 6) is 0.607. The molecular formula is C34H40N4O2. The molecule has 1 N–H and O–H groups in total. The average molecular weight is 537 g/mol. The summed E-state index contributed by atoms with van der Waals surface area (Å²) >= 11 is 0. The number of carbonyl (C=O) groups is 1. The molecule has 2 aliphatic heterocycles. The van der Waals surface area contributed by atoms with E-state index in [1.54, 1.807) is 0 Å². The second kappa shape index (κ2) is 12.1. The number of nitriles is 1. The fourth-order valence-electron chi connectivity index (χ4n) is 6.45. The van der Waals surface area contributed by atoms with Crippen molar-refractivity contribution in [3.05, 3.63) is 94.0 Å². The lowest BCUT2D eigenvalue weighted by Gasteiger charge is -2.42. The summed E-state index contributed by atoms with van der Waals surface area (Å²) in [6.45, 7) is 10.00. The first-order valence-electron chi connectivity index (χ1n) is 14.5. The van der Waals surface area contributed by atoms with Crippen LogP contribution in [0.3, 0.4) is 0 Å². The van der Waals surface area contributed by atoms with E-state index in [-0.39, 0.29) is 18.6 Å². The van der Waals surface area contributed by atoms with Crippen LogP contribution >= 0.6 is 0 Å². The van der Waals surface area contributed by atoms with Gasteiger partial charge in [0.15, 0.2) is 0 Å². The molecule has 5 rings (SSSR count). The van der Waals surface area contributed by atoms with Gasteiger partial charge in [0, 0.05) is 44.0 Å². The van der Waals surface area contributed by atoms with Gasteiger partial charge in [-0.1, -0.05) is 36.4 Å². The Morgan fingerprint density at radius 1 is 0.900 bits per heavy atom. The first kappa shape index (κ1) is 27.7. The number of rotatable bonds is 6. The average Bonchev–Trinajstić information content (AvgIpc) is 2.98. The van der Waals surface area contributed by atoms with Gasteiger partial charge in [-0.05, 0) is 92.5 Å². The maximum absolute atomic E-state index is 13.8. The number of aliphatic hydroxyl groups is 1. The van der Waals surface area contributed by atoms with Crippen LogP contribution in [0.25, 0.3) is 0 Å². The molecule has 2 aliphatic rings. The number of piperidine rings is 1. The van der Waals surface area contributed by atoms with Crippen LogP contribution in [-0.4, -0.2) is 61.3 Å². The zero-order chi connectivity index (χ0) is 28.2. The number of benzene rings is 3. The van der Waals surface area contributed by atoms with Crippen molar-refractivity contribution in [1.29, 1.82) is 5.26 Å². The fraction of sp³-hybridized carbons (Fsp3) is 0.412. The summed E-state index contributed by atoms with van der Waals surface area (Å²) in [6.07, 6.45) is 3.09. The highest BCUT2D eigenvalue weighted by Gasteiger charge is 2.31. The van der Waals surface area contributed by atoms with Gasteiger partial charge in [-0.25, -0.2) is 0 Å². The zero-order valence-corrected chi connectivity index (χ0v) is 23.9. The van der Waals surface area contributed by atoms with Crippen LogP contribution in [0.5, 0.6) is 0 Å². The number of aliphatic hydroxyl groups excluding tert-OH is 1. The van der Waals surface area contributed by atoms with E-state index >= 15 is 0 Å². The molecule has 0 spiro atoms. The van der Waals surface area contributed by atoms with E-state index in [2.05, 4.69) is 54.0 Å². The van der Waals surface area contributed by atoms with Gasteiger partial charge in [0.25, 0.3) is 5.91 Å². The number of anilines is 2. The van der Waals surface area contributed by atoms with E-state index in [1.807, 2.05) is 48.2 Å². The Kier molecular flexibility index (Phi) is 8.42. The molecule has 2 saturated heterocycles. The highest BCUT2D eigenvalue weighted by atomic mass is 16.3. The summed E-state index contributed by atoms with van der Waals surface area (Å²) in [5.41, 5.74) is 8.36. The maximum atomic E-state index is 13.8. The lowest BCUT2D eigenvalue weighted by Crippen LogP contribution is -2.56. The van der Waals surface area contributed by atoms with E-state index in [1.165, 1.54) is 16.7 Å². The number of amides is 1. The summed E-state index contributed by atoms with van der Waals surface area (Å²) in [6, 6.07) is 22.6. The van der Waals surface area contributed by atoms with Crippen molar-refractivity contribution in [3.63, 3.8) is 0 Å². The lowest BCUT2D eigenvalue weighted by molar-refractivity contribution is 0.0698. The Morgan fingerprint density at radius 3 is 2.30 bits per heavy atom. The normalized spacial score (nSPS) is 18.1. The number of para-hydroxylation sites is 2. The van der Waals surface area contributed by atoms with Crippen molar-refractivity contribution in [2.75, 3.05) is 49.1 Å². The smallest absolute Gasteiger partial charge is 0.254 e. The maximum Gasteiger partial charge on any atom is 0.254 e. The lowest BCUT2D eigenvalue weighted by atomic mass is 9.86. The fourth-order valence-corrected chi connectivity index (χ4v) is 6.45. The Bertz CT molecular complexity index is 1400. The molecule has 6 nitrogen and oxygen atoms in total. The van der Waals surface area contributed by atoms with E-state index in [0.29, 0.717) is 25.6 Å². The van der Waals surface area contributed by atoms with Gasteiger partial charge in [-0.15, -0.1) is 0 Å². The SMILES string of the molecule is Cc1cc(C)c(C(=O)N2CCN(c3ccccc3C)[C@H](CO)C2)cc1CC1CCN(c2ccccc2C#N)CC1. The Morgan fingerprint density at radius 2 is 1.60 bits per heavy atom. The van der Waals surface area contributed by atoms with Crippen molar-refractivity contribution >= 4 is 17.3 Å². The third-order valence-corrected chi connectivity index (χ3v) is 8.81. The molecule has 3 aromatic carbocycles. The molecule has 0 aromatic heterocycles.